The van der Waals surface area contributed by atoms with E-state index in [-0.39, 0.29) is 0 Å². The monoisotopic (exact) mass is 127 g/mol. The summed E-state index contributed by atoms with van der Waals surface area (Å²) in [7, 11) is 0. The zero-order valence-electron chi connectivity index (χ0n) is 5.29. The summed E-state index contributed by atoms with van der Waals surface area (Å²) in [5.41, 5.74) is 0. The summed E-state index contributed by atoms with van der Waals surface area (Å²) >= 11 is 0. The molecule has 0 aliphatic carbocycles. The van der Waals surface area contributed by atoms with Crippen LogP contribution in [0.5, 0.6) is 0 Å². The zero-order valence-corrected chi connectivity index (χ0v) is 5.29. The molecule has 3 heteroatoms. The molecule has 1 N–H and O–H groups in total. The minimum absolute atomic E-state index is 0.450. The van der Waals surface area contributed by atoms with E-state index in [1.807, 2.05) is 6.92 Å². The Morgan fingerprint density at radius 2 is 2.44 bits per heavy atom. The molecule has 0 saturated heterocycles. The lowest BCUT2D eigenvalue weighted by atomic mass is 10.1. The van der Waals surface area contributed by atoms with Gasteiger partial charge in [0.25, 0.3) is 0 Å². The Kier molecular flexibility index (Phi) is 3.45. The second-order valence-corrected chi connectivity index (χ2v) is 1.81. The standard InChI is InChI=1S/C6H9NO2/c1-2-3-5(4-7)6(8)9/h5H,2-3H2,1H3,(H,8,9). The predicted molar refractivity (Wildman–Crippen MR) is 31.6 cm³/mol. The van der Waals surface area contributed by atoms with Crippen molar-refractivity contribution in [3.8, 4) is 6.07 Å². The molecule has 0 fully saturated rings. The maximum Gasteiger partial charge on any atom is 0.320 e. The van der Waals surface area contributed by atoms with E-state index >= 15 is 0 Å². The van der Waals surface area contributed by atoms with Gasteiger partial charge in [0.15, 0.2) is 0 Å². The number of carboxylic acid groups (broad SMARTS) is 1. The molecule has 50 valence electrons. The lowest BCUT2D eigenvalue weighted by molar-refractivity contribution is -0.139. The van der Waals surface area contributed by atoms with Gasteiger partial charge < -0.3 is 5.11 Å². The van der Waals surface area contributed by atoms with Gasteiger partial charge in [-0.1, -0.05) is 13.3 Å². The molecule has 0 bridgehead atoms. The van der Waals surface area contributed by atoms with Crippen molar-refractivity contribution in [2.24, 2.45) is 5.92 Å². The molecule has 0 spiro atoms. The second kappa shape index (κ2) is 3.90. The van der Waals surface area contributed by atoms with Gasteiger partial charge in [0.05, 0.1) is 6.07 Å². The van der Waals surface area contributed by atoms with Gasteiger partial charge in [-0.2, -0.15) is 5.26 Å². The molecule has 0 heterocycles. The fourth-order valence-electron chi connectivity index (χ4n) is 0.532. The van der Waals surface area contributed by atoms with Crippen LogP contribution in [-0.2, 0) is 4.79 Å². The number of carboxylic acids is 1. The van der Waals surface area contributed by atoms with Gasteiger partial charge in [-0.05, 0) is 6.42 Å². The van der Waals surface area contributed by atoms with Crippen molar-refractivity contribution in [2.45, 2.75) is 19.8 Å². The van der Waals surface area contributed by atoms with Crippen molar-refractivity contribution in [3.63, 3.8) is 0 Å². The van der Waals surface area contributed by atoms with Gasteiger partial charge in [-0.15, -0.1) is 0 Å². The zero-order chi connectivity index (χ0) is 7.28. The average molecular weight is 127 g/mol. The van der Waals surface area contributed by atoms with Gasteiger partial charge in [0.2, 0.25) is 0 Å². The summed E-state index contributed by atoms with van der Waals surface area (Å²) in [6, 6.07) is 1.70. The SMILES string of the molecule is CCCC(C#N)C(=O)O. The average Bonchev–Trinajstić information content (AvgIpc) is 1.82. The summed E-state index contributed by atoms with van der Waals surface area (Å²) in [5.74, 6) is -1.82. The van der Waals surface area contributed by atoms with E-state index in [0.29, 0.717) is 6.42 Å². The minimum atomic E-state index is -1.01. The maximum absolute atomic E-state index is 10.1. The topological polar surface area (TPSA) is 61.1 Å². The first-order valence-corrected chi connectivity index (χ1v) is 2.84. The molecule has 1 unspecified atom stereocenters. The van der Waals surface area contributed by atoms with Gasteiger partial charge in [0, 0.05) is 0 Å². The van der Waals surface area contributed by atoms with Crippen LogP contribution >= 0.6 is 0 Å². The molecule has 0 aliphatic rings. The highest BCUT2D eigenvalue weighted by Gasteiger charge is 2.13. The van der Waals surface area contributed by atoms with Crippen molar-refractivity contribution in [1.29, 1.82) is 5.26 Å². The molecule has 1 atom stereocenters. The number of nitriles is 1. The van der Waals surface area contributed by atoms with Crippen molar-refractivity contribution >= 4 is 5.97 Å². The Bertz CT molecular complexity index is 136. The first-order valence-electron chi connectivity index (χ1n) is 2.84. The van der Waals surface area contributed by atoms with Gasteiger partial charge in [-0.25, -0.2) is 0 Å². The molecule has 0 aromatic rings. The number of hydrogen-bond acceptors (Lipinski definition) is 2. The van der Waals surface area contributed by atoms with E-state index in [1.54, 1.807) is 6.07 Å². The summed E-state index contributed by atoms with van der Waals surface area (Å²) in [4.78, 5) is 10.1. The Morgan fingerprint density at radius 3 is 2.56 bits per heavy atom. The van der Waals surface area contributed by atoms with E-state index in [0.717, 1.165) is 6.42 Å². The highest BCUT2D eigenvalue weighted by Crippen LogP contribution is 2.03. The molecule has 0 aromatic heterocycles. The van der Waals surface area contributed by atoms with Crippen molar-refractivity contribution in [3.05, 3.63) is 0 Å². The van der Waals surface area contributed by atoms with Crippen LogP contribution in [0.15, 0.2) is 0 Å². The Morgan fingerprint density at radius 1 is 1.89 bits per heavy atom. The van der Waals surface area contributed by atoms with E-state index in [1.165, 1.54) is 0 Å². The molecule has 3 nitrogen and oxygen atoms in total. The summed E-state index contributed by atoms with van der Waals surface area (Å²) in [6.45, 7) is 1.85. The van der Waals surface area contributed by atoms with E-state index in [4.69, 9.17) is 10.4 Å². The van der Waals surface area contributed by atoms with Gasteiger partial charge in [0.1, 0.15) is 5.92 Å². The van der Waals surface area contributed by atoms with E-state index < -0.39 is 11.9 Å². The molecule has 0 aromatic carbocycles. The summed E-state index contributed by atoms with van der Waals surface area (Å²) in [6.07, 6.45) is 1.19. The van der Waals surface area contributed by atoms with Crippen molar-refractivity contribution in [1.82, 2.24) is 0 Å². The minimum Gasteiger partial charge on any atom is -0.480 e. The third-order valence-corrected chi connectivity index (χ3v) is 1.03. The van der Waals surface area contributed by atoms with Gasteiger partial charge in [-0.3, -0.25) is 4.79 Å². The summed E-state index contributed by atoms with van der Waals surface area (Å²) < 4.78 is 0. The third-order valence-electron chi connectivity index (χ3n) is 1.03. The van der Waals surface area contributed by atoms with E-state index in [2.05, 4.69) is 0 Å². The van der Waals surface area contributed by atoms with Crippen LogP contribution in [0, 0.1) is 17.2 Å². The number of nitrogens with zero attached hydrogens (tertiary/aromatic N) is 1. The molecular formula is C6H9NO2. The molecular weight excluding hydrogens is 118 g/mol. The predicted octanol–water partition coefficient (Wildman–Crippen LogP) is 1.01. The fraction of sp³-hybridized carbons (Fsp3) is 0.667. The molecule has 0 amide bonds. The maximum atomic E-state index is 10.1. The number of aliphatic carboxylic acids is 1. The molecule has 0 aliphatic heterocycles. The second-order valence-electron chi connectivity index (χ2n) is 1.81. The quantitative estimate of drug-likeness (QED) is 0.615. The van der Waals surface area contributed by atoms with Crippen LogP contribution in [0.2, 0.25) is 0 Å². The molecule has 0 radical (unpaired) electrons. The van der Waals surface area contributed by atoms with E-state index in [9.17, 15) is 4.79 Å². The molecule has 9 heavy (non-hydrogen) atoms. The smallest absolute Gasteiger partial charge is 0.320 e. The van der Waals surface area contributed by atoms with Crippen LogP contribution in [0.1, 0.15) is 19.8 Å². The highest BCUT2D eigenvalue weighted by molar-refractivity contribution is 5.72. The van der Waals surface area contributed by atoms with Crippen LogP contribution in [0.3, 0.4) is 0 Å². The number of hydrogen-bond donors (Lipinski definition) is 1. The lowest BCUT2D eigenvalue weighted by Gasteiger charge is -1.97. The van der Waals surface area contributed by atoms with Crippen LogP contribution < -0.4 is 0 Å². The van der Waals surface area contributed by atoms with Gasteiger partial charge >= 0.3 is 5.97 Å². The van der Waals surface area contributed by atoms with Crippen molar-refractivity contribution in [2.75, 3.05) is 0 Å². The third kappa shape index (κ3) is 2.70. The number of rotatable bonds is 3. The Labute approximate surface area is 53.9 Å². The van der Waals surface area contributed by atoms with Crippen LogP contribution in [0.25, 0.3) is 0 Å². The van der Waals surface area contributed by atoms with Crippen molar-refractivity contribution < 1.29 is 9.90 Å². The first kappa shape index (κ1) is 7.96. The number of carbonyl (C=O) groups is 1. The van der Waals surface area contributed by atoms with Crippen LogP contribution in [0.4, 0.5) is 0 Å². The first-order chi connectivity index (χ1) is 4.22. The largest absolute Gasteiger partial charge is 0.480 e. The molecule has 0 rings (SSSR count). The molecule has 0 saturated carbocycles. The summed E-state index contributed by atoms with van der Waals surface area (Å²) in [5, 5.41) is 16.5. The Hall–Kier alpha value is -1.04. The highest BCUT2D eigenvalue weighted by atomic mass is 16.4. The lowest BCUT2D eigenvalue weighted by Crippen LogP contribution is -2.10. The Balaban J connectivity index is 3.72. The van der Waals surface area contributed by atoms with Crippen LogP contribution in [-0.4, -0.2) is 11.1 Å². The normalized spacial score (nSPS) is 12.0. The fourth-order valence-corrected chi connectivity index (χ4v) is 0.532.